The SMILES string of the molecule is CNc1ncnc(OC)c1Br. The fourth-order valence-electron chi connectivity index (χ4n) is 0.670. The third-order valence-corrected chi connectivity index (χ3v) is 1.90. The summed E-state index contributed by atoms with van der Waals surface area (Å²) in [6.45, 7) is 0. The van der Waals surface area contributed by atoms with Crippen molar-refractivity contribution in [2.75, 3.05) is 19.5 Å². The maximum Gasteiger partial charge on any atom is 0.233 e. The van der Waals surface area contributed by atoms with Crippen molar-refractivity contribution in [1.82, 2.24) is 9.97 Å². The van der Waals surface area contributed by atoms with Crippen LogP contribution in [0.2, 0.25) is 0 Å². The molecule has 5 heteroatoms. The molecule has 0 aliphatic heterocycles. The van der Waals surface area contributed by atoms with E-state index < -0.39 is 0 Å². The highest BCUT2D eigenvalue weighted by molar-refractivity contribution is 9.10. The molecule has 0 aromatic carbocycles. The number of nitrogens with one attached hydrogen (secondary N) is 1. The number of methoxy groups -OCH3 is 1. The summed E-state index contributed by atoms with van der Waals surface area (Å²) in [5.74, 6) is 1.25. The summed E-state index contributed by atoms with van der Waals surface area (Å²) in [4.78, 5) is 7.84. The average Bonchev–Trinajstić information content (AvgIpc) is 2.05. The van der Waals surface area contributed by atoms with Crippen LogP contribution in [0.15, 0.2) is 10.8 Å². The van der Waals surface area contributed by atoms with Crippen molar-refractivity contribution in [3.05, 3.63) is 10.8 Å². The summed E-state index contributed by atoms with van der Waals surface area (Å²) in [6.07, 6.45) is 1.44. The van der Waals surface area contributed by atoms with Crippen LogP contribution < -0.4 is 10.1 Å². The average molecular weight is 218 g/mol. The Morgan fingerprint density at radius 2 is 2.27 bits per heavy atom. The van der Waals surface area contributed by atoms with Gasteiger partial charge in [-0.15, -0.1) is 0 Å². The van der Waals surface area contributed by atoms with E-state index in [4.69, 9.17) is 4.74 Å². The molecule has 4 nitrogen and oxygen atoms in total. The van der Waals surface area contributed by atoms with Crippen molar-refractivity contribution in [1.29, 1.82) is 0 Å². The van der Waals surface area contributed by atoms with E-state index in [9.17, 15) is 0 Å². The third kappa shape index (κ3) is 1.59. The van der Waals surface area contributed by atoms with Gasteiger partial charge in [0.15, 0.2) is 0 Å². The lowest BCUT2D eigenvalue weighted by Crippen LogP contribution is -1.97. The van der Waals surface area contributed by atoms with Crippen LogP contribution in [0, 0.1) is 0 Å². The molecule has 1 aromatic rings. The molecule has 0 radical (unpaired) electrons. The number of ether oxygens (including phenoxy) is 1. The zero-order valence-corrected chi connectivity index (χ0v) is 7.84. The Morgan fingerprint density at radius 3 is 2.82 bits per heavy atom. The third-order valence-electron chi connectivity index (χ3n) is 1.19. The normalized spacial score (nSPS) is 9.36. The number of hydrogen-bond donors (Lipinski definition) is 1. The first kappa shape index (κ1) is 8.26. The summed E-state index contributed by atoms with van der Waals surface area (Å²) in [5, 5.41) is 2.89. The monoisotopic (exact) mass is 217 g/mol. The van der Waals surface area contributed by atoms with Gasteiger partial charge >= 0.3 is 0 Å². The number of rotatable bonds is 2. The van der Waals surface area contributed by atoms with E-state index in [2.05, 4.69) is 31.2 Å². The summed E-state index contributed by atoms with van der Waals surface area (Å²) in [6, 6.07) is 0. The second-order valence-corrected chi connectivity index (χ2v) is 2.59. The van der Waals surface area contributed by atoms with Crippen molar-refractivity contribution in [2.45, 2.75) is 0 Å². The molecule has 0 spiro atoms. The Kier molecular flexibility index (Phi) is 2.64. The van der Waals surface area contributed by atoms with Gasteiger partial charge in [0.25, 0.3) is 0 Å². The Balaban J connectivity index is 3.10. The molecule has 0 fully saturated rings. The Morgan fingerprint density at radius 1 is 1.55 bits per heavy atom. The summed E-state index contributed by atoms with van der Waals surface area (Å²) in [7, 11) is 3.35. The maximum absolute atomic E-state index is 4.95. The van der Waals surface area contributed by atoms with Crippen molar-refractivity contribution in [2.24, 2.45) is 0 Å². The molecule has 11 heavy (non-hydrogen) atoms. The van der Waals surface area contributed by atoms with E-state index in [1.807, 2.05) is 0 Å². The number of anilines is 1. The molecular formula is C6H8BrN3O. The van der Waals surface area contributed by atoms with E-state index in [0.29, 0.717) is 5.88 Å². The molecule has 1 aromatic heterocycles. The molecular weight excluding hydrogens is 210 g/mol. The lowest BCUT2D eigenvalue weighted by Gasteiger charge is -2.04. The van der Waals surface area contributed by atoms with Crippen LogP contribution >= 0.6 is 15.9 Å². The number of aromatic nitrogens is 2. The highest BCUT2D eigenvalue weighted by atomic mass is 79.9. The lowest BCUT2D eigenvalue weighted by atomic mass is 10.5. The van der Waals surface area contributed by atoms with Crippen molar-refractivity contribution >= 4 is 21.7 Å². The second-order valence-electron chi connectivity index (χ2n) is 1.80. The topological polar surface area (TPSA) is 47.0 Å². The zero-order chi connectivity index (χ0) is 8.27. The van der Waals surface area contributed by atoms with Crippen LogP contribution in [0.1, 0.15) is 0 Å². The van der Waals surface area contributed by atoms with E-state index in [1.54, 1.807) is 14.2 Å². The van der Waals surface area contributed by atoms with Crippen LogP contribution in [0.25, 0.3) is 0 Å². The molecule has 0 atom stereocenters. The molecule has 0 amide bonds. The highest BCUT2D eigenvalue weighted by Crippen LogP contribution is 2.27. The fraction of sp³-hybridized carbons (Fsp3) is 0.333. The minimum absolute atomic E-state index is 0.532. The van der Waals surface area contributed by atoms with E-state index >= 15 is 0 Å². The minimum Gasteiger partial charge on any atom is -0.480 e. The molecule has 0 aliphatic carbocycles. The molecule has 1 N–H and O–H groups in total. The van der Waals surface area contributed by atoms with Gasteiger partial charge in [0.1, 0.15) is 16.6 Å². The molecule has 60 valence electrons. The van der Waals surface area contributed by atoms with Gasteiger partial charge in [-0.1, -0.05) is 0 Å². The van der Waals surface area contributed by atoms with Crippen LogP contribution in [0.5, 0.6) is 5.88 Å². The van der Waals surface area contributed by atoms with Gasteiger partial charge < -0.3 is 10.1 Å². The van der Waals surface area contributed by atoms with Crippen molar-refractivity contribution < 1.29 is 4.74 Å². The highest BCUT2D eigenvalue weighted by Gasteiger charge is 2.05. The zero-order valence-electron chi connectivity index (χ0n) is 6.26. The van der Waals surface area contributed by atoms with Crippen LogP contribution in [0.4, 0.5) is 5.82 Å². The molecule has 1 rings (SSSR count). The maximum atomic E-state index is 4.95. The molecule has 1 heterocycles. The van der Waals surface area contributed by atoms with Crippen LogP contribution in [0.3, 0.4) is 0 Å². The summed E-state index contributed by atoms with van der Waals surface area (Å²) in [5.41, 5.74) is 0. The standard InChI is InChI=1S/C6H8BrN3O/c1-8-5-4(7)6(11-2)10-3-9-5/h3H,1-2H3,(H,8,9,10). The fourth-order valence-corrected chi connectivity index (χ4v) is 1.24. The number of halogens is 1. The van der Waals surface area contributed by atoms with Gasteiger partial charge in [-0.05, 0) is 15.9 Å². The van der Waals surface area contributed by atoms with Crippen LogP contribution in [-0.2, 0) is 0 Å². The second kappa shape index (κ2) is 3.52. The van der Waals surface area contributed by atoms with Gasteiger partial charge in [-0.3, -0.25) is 0 Å². The van der Waals surface area contributed by atoms with Gasteiger partial charge in [0, 0.05) is 7.05 Å². The molecule has 0 unspecified atom stereocenters. The summed E-state index contributed by atoms with van der Waals surface area (Å²) < 4.78 is 5.69. The van der Waals surface area contributed by atoms with Crippen LogP contribution in [-0.4, -0.2) is 24.1 Å². The minimum atomic E-state index is 0.532. The predicted octanol–water partition coefficient (Wildman–Crippen LogP) is 1.29. The Labute approximate surface area is 73.1 Å². The Bertz CT molecular complexity index is 231. The van der Waals surface area contributed by atoms with Crippen molar-refractivity contribution in [3.63, 3.8) is 0 Å². The van der Waals surface area contributed by atoms with E-state index in [0.717, 1.165) is 10.3 Å². The molecule has 0 bridgehead atoms. The summed E-state index contributed by atoms with van der Waals surface area (Å²) >= 11 is 3.29. The van der Waals surface area contributed by atoms with Gasteiger partial charge in [-0.25, -0.2) is 9.97 Å². The van der Waals surface area contributed by atoms with Gasteiger partial charge in [0.2, 0.25) is 5.88 Å². The predicted molar refractivity (Wildman–Crippen MR) is 45.8 cm³/mol. The van der Waals surface area contributed by atoms with E-state index in [1.165, 1.54) is 6.33 Å². The quantitative estimate of drug-likeness (QED) is 0.812. The Hall–Kier alpha value is -0.840. The van der Waals surface area contributed by atoms with Gasteiger partial charge in [-0.2, -0.15) is 0 Å². The first-order valence-corrected chi connectivity index (χ1v) is 3.81. The van der Waals surface area contributed by atoms with E-state index in [-0.39, 0.29) is 0 Å². The largest absolute Gasteiger partial charge is 0.480 e. The molecule has 0 saturated carbocycles. The smallest absolute Gasteiger partial charge is 0.233 e. The number of hydrogen-bond acceptors (Lipinski definition) is 4. The van der Waals surface area contributed by atoms with Crippen molar-refractivity contribution in [3.8, 4) is 5.88 Å². The molecule has 0 saturated heterocycles. The van der Waals surface area contributed by atoms with Gasteiger partial charge in [0.05, 0.1) is 7.11 Å². The first-order chi connectivity index (χ1) is 5.29. The first-order valence-electron chi connectivity index (χ1n) is 3.01. The number of nitrogens with zero attached hydrogens (tertiary/aromatic N) is 2. The lowest BCUT2D eigenvalue weighted by molar-refractivity contribution is 0.394. The molecule has 0 aliphatic rings.